The standard InChI is InChI=1S/C11H13NO3S/c13-11(14)10-5-9(3-4-12-10)16-7-15-6-8-1-2-8/h3-5,8H,1-2,6-7H2,(H,13,14). The number of nitrogens with zero attached hydrogens (tertiary/aromatic N) is 1. The van der Waals surface area contributed by atoms with Gasteiger partial charge in [0.05, 0.1) is 12.5 Å². The number of hydrogen-bond acceptors (Lipinski definition) is 4. The summed E-state index contributed by atoms with van der Waals surface area (Å²) in [6, 6.07) is 3.35. The quantitative estimate of drug-likeness (QED) is 0.468. The van der Waals surface area contributed by atoms with Crippen LogP contribution in [0.3, 0.4) is 0 Å². The minimum atomic E-state index is -0.999. The number of carbonyl (C=O) groups is 1. The minimum absolute atomic E-state index is 0.0761. The van der Waals surface area contributed by atoms with Gasteiger partial charge in [0, 0.05) is 11.1 Å². The first-order chi connectivity index (χ1) is 7.75. The van der Waals surface area contributed by atoms with Gasteiger partial charge in [0.25, 0.3) is 0 Å². The van der Waals surface area contributed by atoms with Crippen molar-refractivity contribution in [3.8, 4) is 0 Å². The van der Waals surface area contributed by atoms with Crippen LogP contribution in [0.1, 0.15) is 23.3 Å². The maximum Gasteiger partial charge on any atom is 0.354 e. The van der Waals surface area contributed by atoms with Gasteiger partial charge >= 0.3 is 5.97 Å². The number of aromatic carboxylic acids is 1. The second kappa shape index (κ2) is 5.32. The van der Waals surface area contributed by atoms with E-state index in [4.69, 9.17) is 9.84 Å². The highest BCUT2D eigenvalue weighted by Crippen LogP contribution is 2.29. The second-order valence-electron chi connectivity index (χ2n) is 3.76. The number of carboxylic acid groups (broad SMARTS) is 1. The first kappa shape index (κ1) is 11.4. The average molecular weight is 239 g/mol. The Bertz CT molecular complexity index is 379. The van der Waals surface area contributed by atoms with Crippen molar-refractivity contribution in [3.63, 3.8) is 0 Å². The molecule has 0 amide bonds. The molecule has 0 atom stereocenters. The van der Waals surface area contributed by atoms with Crippen LogP contribution >= 0.6 is 11.8 Å². The molecule has 5 heteroatoms. The lowest BCUT2D eigenvalue weighted by Gasteiger charge is -2.03. The molecule has 1 aromatic heterocycles. The van der Waals surface area contributed by atoms with Crippen molar-refractivity contribution in [2.45, 2.75) is 17.7 Å². The SMILES string of the molecule is O=C(O)c1cc(SCOCC2CC2)ccn1. The Labute approximate surface area is 98.0 Å². The zero-order valence-corrected chi connectivity index (χ0v) is 9.57. The van der Waals surface area contributed by atoms with Crippen molar-refractivity contribution in [2.24, 2.45) is 5.92 Å². The van der Waals surface area contributed by atoms with Crippen molar-refractivity contribution in [3.05, 3.63) is 24.0 Å². The van der Waals surface area contributed by atoms with E-state index in [1.54, 1.807) is 12.1 Å². The maximum atomic E-state index is 10.7. The summed E-state index contributed by atoms with van der Waals surface area (Å²) >= 11 is 1.50. The van der Waals surface area contributed by atoms with Crippen LogP contribution in [0.25, 0.3) is 0 Å². The van der Waals surface area contributed by atoms with Gasteiger partial charge in [-0.2, -0.15) is 0 Å². The van der Waals surface area contributed by atoms with Crippen LogP contribution in [-0.4, -0.2) is 28.6 Å². The van der Waals surface area contributed by atoms with Crippen molar-refractivity contribution < 1.29 is 14.6 Å². The molecule has 0 saturated heterocycles. The van der Waals surface area contributed by atoms with Gasteiger partial charge in [-0.15, -0.1) is 0 Å². The Hall–Kier alpha value is -1.07. The summed E-state index contributed by atoms with van der Waals surface area (Å²) in [7, 11) is 0. The summed E-state index contributed by atoms with van der Waals surface area (Å²) in [6.45, 7) is 0.823. The smallest absolute Gasteiger partial charge is 0.354 e. The Morgan fingerprint density at radius 2 is 2.44 bits per heavy atom. The highest BCUT2D eigenvalue weighted by Gasteiger charge is 2.20. The summed E-state index contributed by atoms with van der Waals surface area (Å²) in [6.07, 6.45) is 4.07. The Kier molecular flexibility index (Phi) is 3.79. The molecule has 86 valence electrons. The second-order valence-corrected chi connectivity index (χ2v) is 4.75. The zero-order chi connectivity index (χ0) is 11.4. The van der Waals surface area contributed by atoms with Crippen molar-refractivity contribution >= 4 is 17.7 Å². The molecule has 0 unspecified atom stereocenters. The Balaban J connectivity index is 1.78. The summed E-state index contributed by atoms with van der Waals surface area (Å²) < 4.78 is 5.46. The lowest BCUT2D eigenvalue weighted by atomic mass is 10.4. The fourth-order valence-corrected chi connectivity index (χ4v) is 1.89. The average Bonchev–Trinajstić information content (AvgIpc) is 3.09. The van der Waals surface area contributed by atoms with Gasteiger partial charge in [-0.3, -0.25) is 0 Å². The van der Waals surface area contributed by atoms with Gasteiger partial charge in [0.2, 0.25) is 0 Å². The molecule has 0 aliphatic heterocycles. The van der Waals surface area contributed by atoms with E-state index < -0.39 is 5.97 Å². The molecule has 4 nitrogen and oxygen atoms in total. The monoisotopic (exact) mass is 239 g/mol. The van der Waals surface area contributed by atoms with Crippen LogP contribution < -0.4 is 0 Å². The molecule has 1 aliphatic rings. The number of carboxylic acids is 1. The molecule has 1 aromatic rings. The molecule has 0 radical (unpaired) electrons. The van der Waals surface area contributed by atoms with Crippen molar-refractivity contribution in [1.82, 2.24) is 4.98 Å². The highest BCUT2D eigenvalue weighted by atomic mass is 32.2. The number of ether oxygens (including phenoxy) is 1. The van der Waals surface area contributed by atoms with Crippen molar-refractivity contribution in [2.75, 3.05) is 12.5 Å². The summed E-state index contributed by atoms with van der Waals surface area (Å²) in [4.78, 5) is 15.3. The normalized spacial score (nSPS) is 15.0. The zero-order valence-electron chi connectivity index (χ0n) is 8.76. The number of pyridine rings is 1. The molecular formula is C11H13NO3S. The molecular weight excluding hydrogens is 226 g/mol. The van der Waals surface area contributed by atoms with Gasteiger partial charge < -0.3 is 9.84 Å². The summed E-state index contributed by atoms with van der Waals surface area (Å²) in [5.41, 5.74) is 0.0761. The number of aromatic nitrogens is 1. The number of hydrogen-bond donors (Lipinski definition) is 1. The van der Waals surface area contributed by atoms with Crippen LogP contribution in [0, 0.1) is 5.92 Å². The van der Waals surface area contributed by atoms with E-state index in [9.17, 15) is 4.79 Å². The van der Waals surface area contributed by atoms with E-state index in [1.165, 1.54) is 30.8 Å². The van der Waals surface area contributed by atoms with E-state index in [2.05, 4.69) is 4.98 Å². The van der Waals surface area contributed by atoms with Crippen LogP contribution in [-0.2, 0) is 4.74 Å². The van der Waals surface area contributed by atoms with Gasteiger partial charge in [-0.1, -0.05) is 11.8 Å². The Morgan fingerprint density at radius 3 is 3.12 bits per heavy atom. The minimum Gasteiger partial charge on any atom is -0.477 e. The highest BCUT2D eigenvalue weighted by molar-refractivity contribution is 7.99. The van der Waals surface area contributed by atoms with E-state index in [-0.39, 0.29) is 5.69 Å². The molecule has 1 heterocycles. The predicted molar refractivity (Wildman–Crippen MR) is 60.6 cm³/mol. The van der Waals surface area contributed by atoms with Crippen LogP contribution in [0.2, 0.25) is 0 Å². The summed E-state index contributed by atoms with van der Waals surface area (Å²) in [5.74, 6) is 0.327. The molecule has 0 aromatic carbocycles. The topological polar surface area (TPSA) is 59.4 Å². The third-order valence-electron chi connectivity index (χ3n) is 2.31. The maximum absolute atomic E-state index is 10.7. The first-order valence-electron chi connectivity index (χ1n) is 5.15. The predicted octanol–water partition coefficient (Wildman–Crippen LogP) is 2.26. The lowest BCUT2D eigenvalue weighted by molar-refractivity contribution is 0.0690. The van der Waals surface area contributed by atoms with Gasteiger partial charge in [0.1, 0.15) is 5.69 Å². The molecule has 0 bridgehead atoms. The molecule has 1 aliphatic carbocycles. The number of thioether (sulfide) groups is 1. The van der Waals surface area contributed by atoms with Gasteiger partial charge in [-0.05, 0) is 30.9 Å². The first-order valence-corrected chi connectivity index (χ1v) is 6.14. The largest absolute Gasteiger partial charge is 0.477 e. The fraction of sp³-hybridized carbons (Fsp3) is 0.455. The molecule has 1 N–H and O–H groups in total. The van der Waals surface area contributed by atoms with Crippen LogP contribution in [0.4, 0.5) is 0 Å². The van der Waals surface area contributed by atoms with Crippen LogP contribution in [0.15, 0.2) is 23.2 Å². The van der Waals surface area contributed by atoms with Crippen molar-refractivity contribution in [1.29, 1.82) is 0 Å². The fourth-order valence-electron chi connectivity index (χ4n) is 1.23. The molecule has 0 spiro atoms. The van der Waals surface area contributed by atoms with E-state index in [1.807, 2.05) is 0 Å². The lowest BCUT2D eigenvalue weighted by Crippen LogP contribution is -2.00. The molecule has 1 fully saturated rings. The Morgan fingerprint density at radius 1 is 1.62 bits per heavy atom. The van der Waals surface area contributed by atoms with Gasteiger partial charge in [0.15, 0.2) is 0 Å². The molecule has 1 saturated carbocycles. The molecule has 16 heavy (non-hydrogen) atoms. The van der Waals surface area contributed by atoms with Gasteiger partial charge in [-0.25, -0.2) is 9.78 Å². The van der Waals surface area contributed by atoms with Crippen LogP contribution in [0.5, 0.6) is 0 Å². The van der Waals surface area contributed by atoms with E-state index in [0.717, 1.165) is 17.4 Å². The van der Waals surface area contributed by atoms with E-state index >= 15 is 0 Å². The summed E-state index contributed by atoms with van der Waals surface area (Å²) in [5, 5.41) is 8.76. The third kappa shape index (κ3) is 3.50. The van der Waals surface area contributed by atoms with E-state index in [0.29, 0.717) is 5.94 Å². The third-order valence-corrected chi connectivity index (χ3v) is 3.18. The molecule has 2 rings (SSSR count). The number of rotatable bonds is 6.